The van der Waals surface area contributed by atoms with Crippen molar-refractivity contribution in [2.24, 2.45) is 5.92 Å². The van der Waals surface area contributed by atoms with Crippen LogP contribution < -0.4 is 10.6 Å². The Balaban J connectivity index is 2.15. The number of hydrogen-bond donors (Lipinski definition) is 3. The molecule has 0 heterocycles. The Hall–Kier alpha value is -2.44. The van der Waals surface area contributed by atoms with Crippen LogP contribution >= 0.6 is 0 Å². The van der Waals surface area contributed by atoms with Crippen molar-refractivity contribution in [1.29, 1.82) is 0 Å². The number of nitrogens with one attached hydrogen (secondary N) is 2. The highest BCUT2D eigenvalue weighted by Crippen LogP contribution is 2.24. The van der Waals surface area contributed by atoms with Crippen molar-refractivity contribution < 1.29 is 23.9 Å². The van der Waals surface area contributed by atoms with Gasteiger partial charge in [0.2, 0.25) is 5.91 Å². The smallest absolute Gasteiger partial charge is 0.308 e. The maximum Gasteiger partial charge on any atom is 0.308 e. The largest absolute Gasteiger partial charge is 0.481 e. The fourth-order valence-corrected chi connectivity index (χ4v) is 3.16. The van der Waals surface area contributed by atoms with E-state index in [2.05, 4.69) is 10.6 Å². The van der Waals surface area contributed by atoms with Crippen LogP contribution in [0.25, 0.3) is 0 Å². The Bertz CT molecular complexity index is 662. The number of benzene rings is 1. The summed E-state index contributed by atoms with van der Waals surface area (Å²) < 4.78 is 13.7. The van der Waals surface area contributed by atoms with Crippen molar-refractivity contribution in [2.75, 3.05) is 5.32 Å². The van der Waals surface area contributed by atoms with Crippen LogP contribution in [0.1, 0.15) is 55.8 Å². The van der Waals surface area contributed by atoms with Gasteiger partial charge in [0, 0.05) is 18.5 Å². The average Bonchev–Trinajstić information content (AvgIpc) is 2.51. The molecule has 0 radical (unpaired) electrons. The van der Waals surface area contributed by atoms with Gasteiger partial charge >= 0.3 is 5.97 Å². The summed E-state index contributed by atoms with van der Waals surface area (Å²) in [5, 5.41) is 14.5. The van der Waals surface area contributed by atoms with Crippen molar-refractivity contribution in [1.82, 2.24) is 5.32 Å². The molecule has 0 saturated heterocycles. The first-order chi connectivity index (χ1) is 11.9. The normalized spacial score (nSPS) is 20.9. The summed E-state index contributed by atoms with van der Waals surface area (Å²) in [6.45, 7) is 1.25. The predicted octanol–water partition coefficient (Wildman–Crippen LogP) is 2.94. The molecule has 2 amide bonds. The Labute approximate surface area is 145 Å². The molecule has 0 bridgehead atoms. The van der Waals surface area contributed by atoms with Gasteiger partial charge in [-0.25, -0.2) is 4.39 Å². The van der Waals surface area contributed by atoms with Crippen molar-refractivity contribution in [2.45, 2.75) is 51.5 Å². The van der Waals surface area contributed by atoms with Crippen LogP contribution in [0.15, 0.2) is 18.2 Å². The fourth-order valence-electron chi connectivity index (χ4n) is 3.16. The molecule has 7 heteroatoms. The van der Waals surface area contributed by atoms with Crippen LogP contribution in [0, 0.1) is 11.7 Å². The molecule has 2 rings (SSSR count). The first-order valence-electron chi connectivity index (χ1n) is 8.49. The lowest BCUT2D eigenvalue weighted by Gasteiger charge is -2.27. The van der Waals surface area contributed by atoms with Crippen molar-refractivity contribution in [3.05, 3.63) is 29.6 Å². The number of aliphatic carboxylic acids is 1. The molecular weight excluding hydrogens is 327 g/mol. The van der Waals surface area contributed by atoms with Crippen LogP contribution in [0.5, 0.6) is 0 Å². The number of carbonyl (C=O) groups is 3. The lowest BCUT2D eigenvalue weighted by atomic mass is 9.86. The summed E-state index contributed by atoms with van der Waals surface area (Å²) in [5.74, 6) is -3.09. The molecule has 136 valence electrons. The van der Waals surface area contributed by atoms with E-state index in [4.69, 9.17) is 0 Å². The van der Waals surface area contributed by atoms with E-state index in [1.807, 2.05) is 0 Å². The van der Waals surface area contributed by atoms with Crippen molar-refractivity contribution in [3.63, 3.8) is 0 Å². The number of halogens is 1. The summed E-state index contributed by atoms with van der Waals surface area (Å²) in [6.07, 6.45) is 4.83. The highest BCUT2D eigenvalue weighted by Gasteiger charge is 2.30. The van der Waals surface area contributed by atoms with Crippen LogP contribution in [0.3, 0.4) is 0 Å². The lowest BCUT2D eigenvalue weighted by Crippen LogP contribution is -2.44. The van der Waals surface area contributed by atoms with Gasteiger partial charge in [-0.1, -0.05) is 25.7 Å². The van der Waals surface area contributed by atoms with Gasteiger partial charge in [0.1, 0.15) is 5.82 Å². The average molecular weight is 350 g/mol. The van der Waals surface area contributed by atoms with Crippen LogP contribution in [0.2, 0.25) is 0 Å². The van der Waals surface area contributed by atoms with E-state index in [0.29, 0.717) is 12.8 Å². The molecule has 1 aliphatic rings. The van der Waals surface area contributed by atoms with Crippen LogP contribution in [0.4, 0.5) is 10.1 Å². The SMILES string of the molecule is CC(=O)Nc1cc(C(=O)NC2CCCCCCC2C(=O)O)ccc1F. The zero-order valence-electron chi connectivity index (χ0n) is 14.2. The van der Waals surface area contributed by atoms with Gasteiger partial charge in [0.05, 0.1) is 11.6 Å². The molecule has 0 aliphatic heterocycles. The summed E-state index contributed by atoms with van der Waals surface area (Å²) in [4.78, 5) is 35.1. The molecule has 1 fully saturated rings. The first kappa shape index (κ1) is 18.9. The number of anilines is 1. The first-order valence-corrected chi connectivity index (χ1v) is 8.49. The number of carboxylic acid groups (broad SMARTS) is 1. The minimum Gasteiger partial charge on any atom is -0.481 e. The number of hydrogen-bond acceptors (Lipinski definition) is 3. The number of carboxylic acids is 1. The van der Waals surface area contributed by atoms with Gasteiger partial charge in [-0.15, -0.1) is 0 Å². The summed E-state index contributed by atoms with van der Waals surface area (Å²) in [7, 11) is 0. The van der Waals surface area contributed by atoms with E-state index in [1.54, 1.807) is 0 Å². The summed E-state index contributed by atoms with van der Waals surface area (Å²) >= 11 is 0. The molecule has 25 heavy (non-hydrogen) atoms. The zero-order valence-corrected chi connectivity index (χ0v) is 14.2. The second-order valence-corrected chi connectivity index (χ2v) is 6.39. The maximum absolute atomic E-state index is 13.7. The van der Waals surface area contributed by atoms with E-state index in [9.17, 15) is 23.9 Å². The molecular formula is C18H23FN2O4. The molecule has 2 unspecified atom stereocenters. The van der Waals surface area contributed by atoms with Crippen LogP contribution in [-0.2, 0) is 9.59 Å². The van der Waals surface area contributed by atoms with Gasteiger partial charge < -0.3 is 15.7 Å². The lowest BCUT2D eigenvalue weighted by molar-refractivity contribution is -0.143. The molecule has 2 atom stereocenters. The highest BCUT2D eigenvalue weighted by molar-refractivity contribution is 5.97. The molecule has 3 N–H and O–H groups in total. The fraction of sp³-hybridized carbons (Fsp3) is 0.500. The van der Waals surface area contributed by atoms with E-state index in [-0.39, 0.29) is 11.3 Å². The molecule has 1 aromatic carbocycles. The second-order valence-electron chi connectivity index (χ2n) is 6.39. The standard InChI is InChI=1S/C18H23FN2O4/c1-11(22)20-16-10-12(8-9-14(16)19)17(23)21-15-7-5-3-2-4-6-13(15)18(24)25/h8-10,13,15H,2-7H2,1H3,(H,20,22)(H,21,23)(H,24,25). The van der Waals surface area contributed by atoms with E-state index in [1.165, 1.54) is 19.1 Å². The van der Waals surface area contributed by atoms with E-state index < -0.39 is 35.6 Å². The Kier molecular flexibility index (Phi) is 6.50. The minimum absolute atomic E-state index is 0.0763. The molecule has 1 aromatic rings. The summed E-state index contributed by atoms with van der Waals surface area (Å²) in [6, 6.07) is 3.21. The third kappa shape index (κ3) is 5.27. The number of amides is 2. The van der Waals surface area contributed by atoms with E-state index in [0.717, 1.165) is 31.7 Å². The quantitative estimate of drug-likeness (QED) is 0.778. The van der Waals surface area contributed by atoms with E-state index >= 15 is 0 Å². The molecule has 6 nitrogen and oxygen atoms in total. The van der Waals surface area contributed by atoms with Crippen molar-refractivity contribution in [3.8, 4) is 0 Å². The molecule has 0 spiro atoms. The molecule has 1 aliphatic carbocycles. The number of rotatable bonds is 4. The highest BCUT2D eigenvalue weighted by atomic mass is 19.1. The Morgan fingerprint density at radius 2 is 1.80 bits per heavy atom. The van der Waals surface area contributed by atoms with Crippen molar-refractivity contribution >= 4 is 23.5 Å². The van der Waals surface area contributed by atoms with Gasteiger partial charge in [0.25, 0.3) is 5.91 Å². The number of carbonyl (C=O) groups excluding carboxylic acids is 2. The second kappa shape index (κ2) is 8.60. The summed E-state index contributed by atoms with van der Waals surface area (Å²) in [5.41, 5.74) is 0.101. The van der Waals surface area contributed by atoms with Gasteiger partial charge in [-0.2, -0.15) is 0 Å². The van der Waals surface area contributed by atoms with Crippen LogP contribution in [-0.4, -0.2) is 28.9 Å². The third-order valence-corrected chi connectivity index (χ3v) is 4.44. The predicted molar refractivity (Wildman–Crippen MR) is 90.8 cm³/mol. The molecule has 0 aromatic heterocycles. The minimum atomic E-state index is -0.912. The third-order valence-electron chi connectivity index (χ3n) is 4.44. The van der Waals surface area contributed by atoms with Gasteiger partial charge in [0.15, 0.2) is 0 Å². The zero-order chi connectivity index (χ0) is 18.4. The Morgan fingerprint density at radius 3 is 2.44 bits per heavy atom. The monoisotopic (exact) mass is 350 g/mol. The molecule has 1 saturated carbocycles. The maximum atomic E-state index is 13.7. The van der Waals surface area contributed by atoms with Gasteiger partial charge in [-0.3, -0.25) is 14.4 Å². The Morgan fingerprint density at radius 1 is 1.12 bits per heavy atom. The van der Waals surface area contributed by atoms with Gasteiger partial charge in [-0.05, 0) is 31.0 Å². The topological polar surface area (TPSA) is 95.5 Å².